The van der Waals surface area contributed by atoms with E-state index in [2.05, 4.69) is 13.2 Å². The van der Waals surface area contributed by atoms with E-state index < -0.39 is 17.3 Å². The third-order valence-corrected chi connectivity index (χ3v) is 1.10. The lowest BCUT2D eigenvalue weighted by atomic mass is 10.1. The van der Waals surface area contributed by atoms with E-state index in [9.17, 15) is 13.2 Å². The van der Waals surface area contributed by atoms with Gasteiger partial charge in [-0.25, -0.2) is 0 Å². The van der Waals surface area contributed by atoms with Crippen LogP contribution in [0, 0.1) is 11.3 Å². The molecule has 2 N–H and O–H groups in total. The molecule has 0 heterocycles. The molecule has 0 fully saturated rings. The van der Waals surface area contributed by atoms with Crippen molar-refractivity contribution in [3.8, 4) is 6.07 Å². The van der Waals surface area contributed by atoms with Gasteiger partial charge in [0.2, 0.25) is 0 Å². The minimum atomic E-state index is -4.63. The van der Waals surface area contributed by atoms with Crippen LogP contribution in [0.3, 0.4) is 0 Å². The highest BCUT2D eigenvalue weighted by Crippen LogP contribution is 2.30. The second-order valence-corrected chi connectivity index (χ2v) is 2.22. The first-order chi connectivity index (χ1) is 5.79. The third-order valence-electron chi connectivity index (χ3n) is 1.10. The fourth-order valence-electron chi connectivity index (χ4n) is 0.586. The quantitative estimate of drug-likeness (QED) is 0.532. The Morgan fingerprint density at radius 2 is 1.85 bits per heavy atom. The summed E-state index contributed by atoms with van der Waals surface area (Å²) in [6, 6.07) is 1.30. The van der Waals surface area contributed by atoms with Crippen molar-refractivity contribution in [1.82, 2.24) is 0 Å². The first-order valence-electron chi connectivity index (χ1n) is 3.11. The average Bonchev–Trinajstić information content (AvgIpc) is 1.96. The Morgan fingerprint density at radius 1 is 1.38 bits per heavy atom. The molecule has 0 aromatic heterocycles. The van der Waals surface area contributed by atoms with E-state index in [0.29, 0.717) is 6.08 Å². The maximum absolute atomic E-state index is 12.1. The molecule has 0 saturated heterocycles. The van der Waals surface area contributed by atoms with Crippen molar-refractivity contribution < 1.29 is 13.2 Å². The molecule has 0 atom stereocenters. The van der Waals surface area contributed by atoms with Crippen molar-refractivity contribution in [3.05, 3.63) is 36.1 Å². The van der Waals surface area contributed by atoms with Gasteiger partial charge in [0, 0.05) is 5.70 Å². The largest absolute Gasteiger partial charge is 0.417 e. The van der Waals surface area contributed by atoms with Crippen molar-refractivity contribution in [1.29, 1.82) is 5.26 Å². The van der Waals surface area contributed by atoms with Gasteiger partial charge >= 0.3 is 6.18 Å². The third kappa shape index (κ3) is 3.47. The minimum Gasteiger partial charge on any atom is -0.399 e. The first kappa shape index (κ1) is 11.3. The van der Waals surface area contributed by atoms with Gasteiger partial charge in [-0.15, -0.1) is 0 Å². The van der Waals surface area contributed by atoms with Gasteiger partial charge in [-0.2, -0.15) is 18.4 Å². The van der Waals surface area contributed by atoms with Crippen LogP contribution in [0.2, 0.25) is 0 Å². The summed E-state index contributed by atoms with van der Waals surface area (Å²) in [6.45, 7) is 6.02. The molecule has 0 unspecified atom stereocenters. The Kier molecular flexibility index (Phi) is 3.31. The van der Waals surface area contributed by atoms with Crippen molar-refractivity contribution in [2.45, 2.75) is 6.18 Å². The standard InChI is InChI=1S/C8H7F3N2/c1-5(4-12)7(3-6(2)13)8(9,10)11/h3H,1-2,13H2/b7-3+. The monoisotopic (exact) mass is 188 g/mol. The van der Waals surface area contributed by atoms with Crippen LogP contribution >= 0.6 is 0 Å². The number of nitriles is 1. The number of allylic oxidation sites excluding steroid dienone is 3. The van der Waals surface area contributed by atoms with Crippen LogP contribution in [0.5, 0.6) is 0 Å². The number of halogens is 3. The summed E-state index contributed by atoms with van der Waals surface area (Å²) in [7, 11) is 0. The summed E-state index contributed by atoms with van der Waals surface area (Å²) in [5.74, 6) is 0. The first-order valence-corrected chi connectivity index (χ1v) is 3.11. The molecule has 0 aliphatic rings. The molecule has 0 aliphatic heterocycles. The number of rotatable bonds is 2. The number of nitrogens with two attached hydrogens (primary N) is 1. The van der Waals surface area contributed by atoms with Crippen LogP contribution in [0.15, 0.2) is 36.1 Å². The summed E-state index contributed by atoms with van der Waals surface area (Å²) in [5, 5.41) is 8.22. The van der Waals surface area contributed by atoms with Gasteiger partial charge < -0.3 is 5.73 Å². The Morgan fingerprint density at radius 3 is 2.08 bits per heavy atom. The van der Waals surface area contributed by atoms with Crippen LogP contribution in [-0.2, 0) is 0 Å². The lowest BCUT2D eigenvalue weighted by molar-refractivity contribution is -0.0889. The number of alkyl halides is 3. The molecular formula is C8H7F3N2. The van der Waals surface area contributed by atoms with Gasteiger partial charge in [0.15, 0.2) is 0 Å². The highest BCUT2D eigenvalue weighted by molar-refractivity contribution is 5.45. The molecular weight excluding hydrogens is 181 g/mol. The summed E-state index contributed by atoms with van der Waals surface area (Å²) >= 11 is 0. The van der Waals surface area contributed by atoms with Gasteiger partial charge in [0.05, 0.1) is 17.2 Å². The van der Waals surface area contributed by atoms with Gasteiger partial charge in [-0.3, -0.25) is 0 Å². The van der Waals surface area contributed by atoms with Crippen LogP contribution in [0.4, 0.5) is 13.2 Å². The fraction of sp³-hybridized carbons (Fsp3) is 0.125. The summed E-state index contributed by atoms with van der Waals surface area (Å²) in [4.78, 5) is 0. The normalized spacial score (nSPS) is 12.0. The van der Waals surface area contributed by atoms with Crippen molar-refractivity contribution in [3.63, 3.8) is 0 Å². The van der Waals surface area contributed by atoms with E-state index >= 15 is 0 Å². The molecule has 2 nitrogen and oxygen atoms in total. The topological polar surface area (TPSA) is 49.8 Å². The molecule has 0 radical (unpaired) electrons. The molecule has 0 bridgehead atoms. The minimum absolute atomic E-state index is 0.274. The van der Waals surface area contributed by atoms with Crippen LogP contribution in [0.1, 0.15) is 0 Å². The van der Waals surface area contributed by atoms with Crippen LogP contribution in [0.25, 0.3) is 0 Å². The molecule has 13 heavy (non-hydrogen) atoms. The highest BCUT2D eigenvalue weighted by Gasteiger charge is 2.35. The Hall–Kier alpha value is -1.70. The highest BCUT2D eigenvalue weighted by atomic mass is 19.4. The SMILES string of the molecule is C=C(N)/C=C(\C(=C)C#N)C(F)(F)F. The van der Waals surface area contributed by atoms with E-state index in [1.54, 1.807) is 0 Å². The summed E-state index contributed by atoms with van der Waals surface area (Å²) in [5.41, 5.74) is 2.84. The fourth-order valence-corrected chi connectivity index (χ4v) is 0.586. The van der Waals surface area contributed by atoms with Crippen molar-refractivity contribution >= 4 is 0 Å². The maximum Gasteiger partial charge on any atom is 0.417 e. The van der Waals surface area contributed by atoms with Crippen LogP contribution in [-0.4, -0.2) is 6.18 Å². The van der Waals surface area contributed by atoms with E-state index in [-0.39, 0.29) is 5.70 Å². The Balaban J connectivity index is 5.14. The summed E-state index contributed by atoms with van der Waals surface area (Å²) < 4.78 is 36.4. The predicted octanol–water partition coefficient (Wildman–Crippen LogP) is 2.03. The second kappa shape index (κ2) is 3.81. The van der Waals surface area contributed by atoms with Crippen molar-refractivity contribution in [2.24, 2.45) is 5.73 Å². The van der Waals surface area contributed by atoms with Crippen molar-refractivity contribution in [2.75, 3.05) is 0 Å². The molecule has 0 amide bonds. The zero-order valence-corrected chi connectivity index (χ0v) is 6.65. The maximum atomic E-state index is 12.1. The molecule has 0 aromatic carbocycles. The molecule has 0 saturated carbocycles. The molecule has 0 aliphatic carbocycles. The predicted molar refractivity (Wildman–Crippen MR) is 42.2 cm³/mol. The molecule has 0 aromatic rings. The van der Waals surface area contributed by atoms with Gasteiger partial charge in [0.25, 0.3) is 0 Å². The second-order valence-electron chi connectivity index (χ2n) is 2.22. The number of hydrogen-bond acceptors (Lipinski definition) is 2. The van der Waals surface area contributed by atoms with E-state index in [1.807, 2.05) is 0 Å². The molecule has 70 valence electrons. The number of nitrogens with zero attached hydrogens (tertiary/aromatic N) is 1. The van der Waals surface area contributed by atoms with E-state index in [0.717, 1.165) is 0 Å². The Labute approximate surface area is 73.5 Å². The molecule has 0 spiro atoms. The van der Waals surface area contributed by atoms with Gasteiger partial charge in [-0.05, 0) is 6.08 Å². The lowest BCUT2D eigenvalue weighted by Gasteiger charge is -2.09. The van der Waals surface area contributed by atoms with Gasteiger partial charge in [-0.1, -0.05) is 13.2 Å². The van der Waals surface area contributed by atoms with Crippen LogP contribution < -0.4 is 5.73 Å². The van der Waals surface area contributed by atoms with E-state index in [1.165, 1.54) is 6.07 Å². The van der Waals surface area contributed by atoms with E-state index in [4.69, 9.17) is 11.0 Å². The zero-order valence-electron chi connectivity index (χ0n) is 6.65. The lowest BCUT2D eigenvalue weighted by Crippen LogP contribution is -2.14. The molecule has 0 rings (SSSR count). The smallest absolute Gasteiger partial charge is 0.399 e. The molecule has 5 heteroatoms. The summed E-state index contributed by atoms with van der Waals surface area (Å²) in [6.07, 6.45) is -4.05. The Bertz CT molecular complexity index is 304. The van der Waals surface area contributed by atoms with Gasteiger partial charge in [0.1, 0.15) is 0 Å². The zero-order chi connectivity index (χ0) is 10.6. The average molecular weight is 188 g/mol. The number of hydrogen-bond donors (Lipinski definition) is 1.